The molecule has 1 saturated carbocycles. The summed E-state index contributed by atoms with van der Waals surface area (Å²) in [6.45, 7) is 2.28. The highest BCUT2D eigenvalue weighted by atomic mass is 16.4. The van der Waals surface area contributed by atoms with Crippen LogP contribution in [0.4, 0.5) is 0 Å². The first-order valence-electron chi connectivity index (χ1n) is 6.80. The molecule has 5 heteroatoms. The molecular formula is C15H20N2O3. The van der Waals surface area contributed by atoms with Gasteiger partial charge in [0.05, 0.1) is 11.1 Å². The van der Waals surface area contributed by atoms with Crippen molar-refractivity contribution in [2.24, 2.45) is 11.7 Å². The number of benzene rings is 1. The Kier molecular flexibility index (Phi) is 4.09. The molecule has 1 aromatic carbocycles. The number of carboxylic acid groups (broad SMARTS) is 1. The predicted octanol–water partition coefficient (Wildman–Crippen LogP) is 1.17. The average molecular weight is 276 g/mol. The van der Waals surface area contributed by atoms with Crippen molar-refractivity contribution in [2.75, 3.05) is 6.54 Å². The van der Waals surface area contributed by atoms with Crippen molar-refractivity contribution < 1.29 is 14.7 Å². The van der Waals surface area contributed by atoms with Crippen molar-refractivity contribution in [3.05, 3.63) is 35.4 Å². The van der Waals surface area contributed by atoms with Crippen LogP contribution in [-0.2, 0) is 11.2 Å². The molecule has 0 aliphatic heterocycles. The molecule has 108 valence electrons. The number of nitrogens with two attached hydrogens (primary N) is 1. The zero-order valence-electron chi connectivity index (χ0n) is 11.6. The highest BCUT2D eigenvalue weighted by molar-refractivity contribution is 5.87. The first-order chi connectivity index (χ1) is 9.41. The Morgan fingerprint density at radius 3 is 2.45 bits per heavy atom. The number of hydrogen-bond donors (Lipinski definition) is 3. The number of amides is 1. The summed E-state index contributed by atoms with van der Waals surface area (Å²) in [5.74, 6) is -0.743. The molecule has 1 aromatic rings. The fourth-order valence-corrected chi connectivity index (χ4v) is 2.19. The highest BCUT2D eigenvalue weighted by Crippen LogP contribution is 2.38. The quantitative estimate of drug-likeness (QED) is 0.727. The molecule has 20 heavy (non-hydrogen) atoms. The predicted molar refractivity (Wildman–Crippen MR) is 75.4 cm³/mol. The van der Waals surface area contributed by atoms with Crippen LogP contribution in [0.25, 0.3) is 0 Å². The lowest BCUT2D eigenvalue weighted by Gasteiger charge is -2.23. The lowest BCUT2D eigenvalue weighted by atomic mass is 9.96. The summed E-state index contributed by atoms with van der Waals surface area (Å²) in [4.78, 5) is 22.7. The molecule has 0 radical (unpaired) electrons. The highest BCUT2D eigenvalue weighted by Gasteiger charge is 2.43. The van der Waals surface area contributed by atoms with Gasteiger partial charge in [0.15, 0.2) is 0 Å². The van der Waals surface area contributed by atoms with E-state index in [2.05, 4.69) is 5.32 Å². The molecule has 1 unspecified atom stereocenters. The van der Waals surface area contributed by atoms with Gasteiger partial charge < -0.3 is 16.2 Å². The molecule has 1 atom stereocenters. The zero-order chi connectivity index (χ0) is 14.8. The first kappa shape index (κ1) is 14.5. The topological polar surface area (TPSA) is 92.4 Å². The van der Waals surface area contributed by atoms with Gasteiger partial charge in [0.1, 0.15) is 0 Å². The Bertz CT molecular complexity index is 504. The van der Waals surface area contributed by atoms with Gasteiger partial charge >= 0.3 is 5.97 Å². The fourth-order valence-electron chi connectivity index (χ4n) is 2.19. The average Bonchev–Trinajstić information content (AvgIpc) is 3.23. The van der Waals surface area contributed by atoms with Crippen molar-refractivity contribution in [1.82, 2.24) is 5.32 Å². The van der Waals surface area contributed by atoms with E-state index in [9.17, 15) is 9.59 Å². The largest absolute Gasteiger partial charge is 0.478 e. The third kappa shape index (κ3) is 3.36. The van der Waals surface area contributed by atoms with Crippen LogP contribution in [0.1, 0.15) is 35.7 Å². The summed E-state index contributed by atoms with van der Waals surface area (Å²) in [6, 6.07) is 6.66. The van der Waals surface area contributed by atoms with Crippen molar-refractivity contribution in [3.8, 4) is 0 Å². The smallest absolute Gasteiger partial charge is 0.335 e. The molecule has 0 bridgehead atoms. The summed E-state index contributed by atoms with van der Waals surface area (Å²) >= 11 is 0. The van der Waals surface area contributed by atoms with Gasteiger partial charge in [-0.2, -0.15) is 0 Å². The molecule has 1 amide bonds. The van der Waals surface area contributed by atoms with Gasteiger partial charge in [0.25, 0.3) is 0 Å². The molecule has 0 spiro atoms. The molecule has 4 N–H and O–H groups in total. The second kappa shape index (κ2) is 5.63. The second-order valence-electron chi connectivity index (χ2n) is 5.56. The van der Waals surface area contributed by atoms with Crippen LogP contribution < -0.4 is 11.1 Å². The standard InChI is InChI=1S/C15H20N2O3/c1-15(16,12-6-7-12)14(20)17-9-8-10-2-4-11(5-3-10)13(18)19/h2-5,12H,6-9,16H2,1H3,(H,17,20)(H,18,19). The Morgan fingerprint density at radius 2 is 1.95 bits per heavy atom. The van der Waals surface area contributed by atoms with Crippen LogP contribution in [0.2, 0.25) is 0 Å². The van der Waals surface area contributed by atoms with Gasteiger partial charge in [-0.3, -0.25) is 4.79 Å². The summed E-state index contributed by atoms with van der Waals surface area (Å²) in [5, 5.41) is 11.7. The number of rotatable bonds is 6. The van der Waals surface area contributed by atoms with Crippen molar-refractivity contribution in [2.45, 2.75) is 31.7 Å². The van der Waals surface area contributed by atoms with E-state index in [1.165, 1.54) is 0 Å². The number of carbonyl (C=O) groups is 2. The molecule has 1 aliphatic rings. The van der Waals surface area contributed by atoms with E-state index < -0.39 is 11.5 Å². The van der Waals surface area contributed by atoms with E-state index in [0.717, 1.165) is 18.4 Å². The molecular weight excluding hydrogens is 256 g/mol. The molecule has 5 nitrogen and oxygen atoms in total. The van der Waals surface area contributed by atoms with Crippen molar-refractivity contribution >= 4 is 11.9 Å². The normalized spacial score (nSPS) is 17.3. The minimum absolute atomic E-state index is 0.109. The summed E-state index contributed by atoms with van der Waals surface area (Å²) in [5.41, 5.74) is 6.50. The van der Waals surface area contributed by atoms with Crippen LogP contribution in [-0.4, -0.2) is 29.1 Å². The van der Waals surface area contributed by atoms with Crippen LogP contribution in [0, 0.1) is 5.92 Å². The minimum atomic E-state index is -0.937. The monoisotopic (exact) mass is 276 g/mol. The molecule has 1 aliphatic carbocycles. The fraction of sp³-hybridized carbons (Fsp3) is 0.467. The Hall–Kier alpha value is -1.88. The van der Waals surface area contributed by atoms with E-state index in [1.807, 2.05) is 0 Å². The molecule has 0 saturated heterocycles. The summed E-state index contributed by atoms with van der Waals surface area (Å²) < 4.78 is 0. The summed E-state index contributed by atoms with van der Waals surface area (Å²) in [6.07, 6.45) is 2.71. The van der Waals surface area contributed by atoms with Crippen molar-refractivity contribution in [1.29, 1.82) is 0 Å². The number of hydrogen-bond acceptors (Lipinski definition) is 3. The maximum Gasteiger partial charge on any atom is 0.335 e. The second-order valence-corrected chi connectivity index (χ2v) is 5.56. The van der Waals surface area contributed by atoms with Gasteiger partial charge in [-0.1, -0.05) is 12.1 Å². The zero-order valence-corrected chi connectivity index (χ0v) is 11.6. The van der Waals surface area contributed by atoms with Gasteiger partial charge in [-0.05, 0) is 49.8 Å². The van der Waals surface area contributed by atoms with Gasteiger partial charge in [-0.25, -0.2) is 4.79 Å². The first-order valence-corrected chi connectivity index (χ1v) is 6.80. The number of carbonyl (C=O) groups excluding carboxylic acids is 1. The van der Waals surface area contributed by atoms with Gasteiger partial charge in [0, 0.05) is 6.54 Å². The summed E-state index contributed by atoms with van der Waals surface area (Å²) in [7, 11) is 0. The van der Waals surface area contributed by atoms with E-state index >= 15 is 0 Å². The van der Waals surface area contributed by atoms with E-state index in [1.54, 1.807) is 31.2 Å². The van der Waals surface area contributed by atoms with Crippen molar-refractivity contribution in [3.63, 3.8) is 0 Å². The van der Waals surface area contributed by atoms with Gasteiger partial charge in [0.2, 0.25) is 5.91 Å². The Labute approximate surface area is 118 Å². The maximum absolute atomic E-state index is 12.0. The minimum Gasteiger partial charge on any atom is -0.478 e. The van der Waals surface area contributed by atoms with Crippen LogP contribution in [0.5, 0.6) is 0 Å². The number of nitrogens with one attached hydrogen (secondary N) is 1. The van der Waals surface area contributed by atoms with E-state index in [4.69, 9.17) is 10.8 Å². The van der Waals surface area contributed by atoms with E-state index in [0.29, 0.717) is 18.9 Å². The van der Waals surface area contributed by atoms with Crippen LogP contribution in [0.15, 0.2) is 24.3 Å². The van der Waals surface area contributed by atoms with Crippen LogP contribution in [0.3, 0.4) is 0 Å². The lowest BCUT2D eigenvalue weighted by Crippen LogP contribution is -2.53. The van der Waals surface area contributed by atoms with E-state index in [-0.39, 0.29) is 11.5 Å². The van der Waals surface area contributed by atoms with Gasteiger partial charge in [-0.15, -0.1) is 0 Å². The molecule has 0 heterocycles. The Balaban J connectivity index is 1.80. The number of aromatic carboxylic acids is 1. The lowest BCUT2D eigenvalue weighted by molar-refractivity contribution is -0.126. The third-order valence-corrected chi connectivity index (χ3v) is 3.81. The molecule has 1 fully saturated rings. The SMILES string of the molecule is CC(N)(C(=O)NCCc1ccc(C(=O)O)cc1)C1CC1. The maximum atomic E-state index is 12.0. The number of carboxylic acids is 1. The Morgan fingerprint density at radius 1 is 1.35 bits per heavy atom. The molecule has 2 rings (SSSR count). The van der Waals surface area contributed by atoms with Crippen LogP contribution >= 0.6 is 0 Å². The molecule has 0 aromatic heterocycles. The third-order valence-electron chi connectivity index (χ3n) is 3.81.